The standard InChI is InChI=1S/C17H26O3/c1-14(9-10-16(18)17(2,3)19)11-12-20-13-15-7-5-4-6-8-15/h4-8,11,16,18-19H,9-10,12-13H2,1-3H3/t16-/m1/s1. The summed E-state index contributed by atoms with van der Waals surface area (Å²) in [6, 6.07) is 10.1. The van der Waals surface area contributed by atoms with Gasteiger partial charge in [0.2, 0.25) is 0 Å². The number of hydrogen-bond donors (Lipinski definition) is 2. The molecule has 0 saturated heterocycles. The molecule has 3 nitrogen and oxygen atoms in total. The predicted molar refractivity (Wildman–Crippen MR) is 81.4 cm³/mol. The first-order valence-electron chi connectivity index (χ1n) is 7.07. The van der Waals surface area contributed by atoms with E-state index in [0.717, 1.165) is 12.0 Å². The smallest absolute Gasteiger partial charge is 0.0849 e. The van der Waals surface area contributed by atoms with Gasteiger partial charge < -0.3 is 14.9 Å². The van der Waals surface area contributed by atoms with Crippen LogP contribution in [-0.2, 0) is 11.3 Å². The molecule has 0 aliphatic heterocycles. The maximum Gasteiger partial charge on any atom is 0.0849 e. The summed E-state index contributed by atoms with van der Waals surface area (Å²) < 4.78 is 5.58. The summed E-state index contributed by atoms with van der Waals surface area (Å²) in [5, 5.41) is 19.4. The highest BCUT2D eigenvalue weighted by Gasteiger charge is 2.23. The summed E-state index contributed by atoms with van der Waals surface area (Å²) in [7, 11) is 0. The SMILES string of the molecule is CC(=CCOCc1ccccc1)CC[C@@H](O)C(C)(C)O. The summed E-state index contributed by atoms with van der Waals surface area (Å²) in [6.45, 7) is 6.44. The predicted octanol–water partition coefficient (Wildman–Crippen LogP) is 3.06. The second-order valence-electron chi connectivity index (χ2n) is 5.76. The molecule has 0 radical (unpaired) electrons. The molecule has 1 atom stereocenters. The zero-order chi connectivity index (χ0) is 15.0. The van der Waals surface area contributed by atoms with E-state index in [4.69, 9.17) is 4.74 Å². The summed E-state index contributed by atoms with van der Waals surface area (Å²) in [5.41, 5.74) is 1.29. The van der Waals surface area contributed by atoms with Gasteiger partial charge in [-0.1, -0.05) is 42.0 Å². The Labute approximate surface area is 121 Å². The van der Waals surface area contributed by atoms with Crippen molar-refractivity contribution < 1.29 is 14.9 Å². The van der Waals surface area contributed by atoms with Gasteiger partial charge in [-0.05, 0) is 39.2 Å². The average molecular weight is 278 g/mol. The lowest BCUT2D eigenvalue weighted by Gasteiger charge is -2.24. The lowest BCUT2D eigenvalue weighted by atomic mass is 9.96. The fourth-order valence-electron chi connectivity index (χ4n) is 1.77. The van der Waals surface area contributed by atoms with E-state index >= 15 is 0 Å². The molecule has 3 heteroatoms. The maximum atomic E-state index is 9.75. The number of aliphatic hydroxyl groups excluding tert-OH is 1. The fraction of sp³-hybridized carbons (Fsp3) is 0.529. The number of rotatable bonds is 8. The Kier molecular flexibility index (Phi) is 6.93. The van der Waals surface area contributed by atoms with Crippen LogP contribution >= 0.6 is 0 Å². The van der Waals surface area contributed by atoms with Crippen molar-refractivity contribution in [3.8, 4) is 0 Å². The van der Waals surface area contributed by atoms with Gasteiger partial charge in [0.15, 0.2) is 0 Å². The van der Waals surface area contributed by atoms with Gasteiger partial charge in [-0.2, -0.15) is 0 Å². The van der Waals surface area contributed by atoms with Gasteiger partial charge in [0.25, 0.3) is 0 Å². The highest BCUT2D eigenvalue weighted by atomic mass is 16.5. The first-order chi connectivity index (χ1) is 9.39. The quantitative estimate of drug-likeness (QED) is 0.567. The third kappa shape index (κ3) is 6.85. The maximum absolute atomic E-state index is 9.75. The molecule has 0 heterocycles. The monoisotopic (exact) mass is 278 g/mol. The number of ether oxygens (including phenoxy) is 1. The molecule has 1 aromatic rings. The van der Waals surface area contributed by atoms with Crippen molar-refractivity contribution >= 4 is 0 Å². The Balaban J connectivity index is 2.22. The second-order valence-corrected chi connectivity index (χ2v) is 5.76. The molecule has 0 aliphatic carbocycles. The minimum Gasteiger partial charge on any atom is -0.390 e. The number of benzene rings is 1. The van der Waals surface area contributed by atoms with Crippen LogP contribution in [0.15, 0.2) is 42.0 Å². The Hall–Kier alpha value is -1.16. The summed E-state index contributed by atoms with van der Waals surface area (Å²) in [6.07, 6.45) is 2.65. The Bertz CT molecular complexity index is 404. The highest BCUT2D eigenvalue weighted by Crippen LogP contribution is 2.16. The average Bonchev–Trinajstić information content (AvgIpc) is 2.41. The molecule has 1 aromatic carbocycles. The first kappa shape index (κ1) is 16.9. The number of hydrogen-bond acceptors (Lipinski definition) is 3. The zero-order valence-corrected chi connectivity index (χ0v) is 12.7. The van der Waals surface area contributed by atoms with E-state index in [1.807, 2.05) is 43.3 Å². The molecule has 0 spiro atoms. The van der Waals surface area contributed by atoms with Gasteiger partial charge in [0.1, 0.15) is 0 Å². The number of aliphatic hydroxyl groups is 2. The van der Waals surface area contributed by atoms with Gasteiger partial charge in [0.05, 0.1) is 24.9 Å². The van der Waals surface area contributed by atoms with Gasteiger partial charge in [0, 0.05) is 0 Å². The van der Waals surface area contributed by atoms with Crippen LogP contribution in [0.2, 0.25) is 0 Å². The fourth-order valence-corrected chi connectivity index (χ4v) is 1.77. The van der Waals surface area contributed by atoms with Crippen molar-refractivity contribution in [2.75, 3.05) is 6.61 Å². The third-order valence-corrected chi connectivity index (χ3v) is 3.29. The van der Waals surface area contributed by atoms with E-state index in [0.29, 0.717) is 19.6 Å². The van der Waals surface area contributed by atoms with Crippen molar-refractivity contribution in [1.82, 2.24) is 0 Å². The Morgan fingerprint density at radius 2 is 1.95 bits per heavy atom. The van der Waals surface area contributed by atoms with Crippen molar-refractivity contribution in [3.05, 3.63) is 47.5 Å². The van der Waals surface area contributed by atoms with Crippen molar-refractivity contribution in [2.45, 2.75) is 51.9 Å². The second kappa shape index (κ2) is 8.20. The molecule has 0 aromatic heterocycles. The van der Waals surface area contributed by atoms with Crippen LogP contribution in [0.4, 0.5) is 0 Å². The Morgan fingerprint density at radius 3 is 2.55 bits per heavy atom. The third-order valence-electron chi connectivity index (χ3n) is 3.29. The summed E-state index contributed by atoms with van der Waals surface area (Å²) in [5.74, 6) is 0. The van der Waals surface area contributed by atoms with Crippen LogP contribution in [0.25, 0.3) is 0 Å². The molecular formula is C17H26O3. The van der Waals surface area contributed by atoms with E-state index in [1.54, 1.807) is 13.8 Å². The lowest BCUT2D eigenvalue weighted by Crippen LogP contribution is -2.35. The van der Waals surface area contributed by atoms with Crippen molar-refractivity contribution in [3.63, 3.8) is 0 Å². The molecular weight excluding hydrogens is 252 g/mol. The molecule has 112 valence electrons. The Morgan fingerprint density at radius 1 is 1.30 bits per heavy atom. The van der Waals surface area contributed by atoms with Gasteiger partial charge in [-0.25, -0.2) is 0 Å². The minimum atomic E-state index is -1.04. The van der Waals surface area contributed by atoms with Gasteiger partial charge in [-0.3, -0.25) is 0 Å². The van der Waals surface area contributed by atoms with E-state index in [9.17, 15) is 10.2 Å². The molecule has 20 heavy (non-hydrogen) atoms. The van der Waals surface area contributed by atoms with Crippen LogP contribution in [0, 0.1) is 0 Å². The van der Waals surface area contributed by atoms with E-state index in [1.165, 1.54) is 5.57 Å². The topological polar surface area (TPSA) is 49.7 Å². The first-order valence-corrected chi connectivity index (χ1v) is 7.07. The molecule has 0 aliphatic rings. The number of allylic oxidation sites excluding steroid dienone is 1. The molecule has 0 bridgehead atoms. The normalized spacial score (nSPS) is 14.3. The summed E-state index contributed by atoms with van der Waals surface area (Å²) in [4.78, 5) is 0. The van der Waals surface area contributed by atoms with E-state index in [-0.39, 0.29) is 0 Å². The minimum absolute atomic E-state index is 0.560. The van der Waals surface area contributed by atoms with Gasteiger partial charge in [-0.15, -0.1) is 0 Å². The molecule has 1 rings (SSSR count). The van der Waals surface area contributed by atoms with Crippen molar-refractivity contribution in [1.29, 1.82) is 0 Å². The largest absolute Gasteiger partial charge is 0.390 e. The summed E-state index contributed by atoms with van der Waals surface area (Å²) >= 11 is 0. The van der Waals surface area contributed by atoms with Gasteiger partial charge >= 0.3 is 0 Å². The van der Waals surface area contributed by atoms with E-state index in [2.05, 4.69) is 0 Å². The van der Waals surface area contributed by atoms with Crippen LogP contribution in [0.5, 0.6) is 0 Å². The van der Waals surface area contributed by atoms with E-state index < -0.39 is 11.7 Å². The molecule has 0 amide bonds. The molecule has 0 saturated carbocycles. The van der Waals surface area contributed by atoms with Crippen LogP contribution in [0.3, 0.4) is 0 Å². The van der Waals surface area contributed by atoms with Crippen LogP contribution < -0.4 is 0 Å². The molecule has 2 N–H and O–H groups in total. The molecule has 0 fully saturated rings. The van der Waals surface area contributed by atoms with Crippen molar-refractivity contribution in [2.24, 2.45) is 0 Å². The van der Waals surface area contributed by atoms with Crippen LogP contribution in [0.1, 0.15) is 39.2 Å². The lowest BCUT2D eigenvalue weighted by molar-refractivity contribution is -0.0509. The highest BCUT2D eigenvalue weighted by molar-refractivity contribution is 5.13. The van der Waals surface area contributed by atoms with Crippen LogP contribution in [-0.4, -0.2) is 28.5 Å². The zero-order valence-electron chi connectivity index (χ0n) is 12.7. The molecule has 0 unspecified atom stereocenters.